The van der Waals surface area contributed by atoms with Crippen LogP contribution in [0.4, 0.5) is 5.69 Å². The van der Waals surface area contributed by atoms with Crippen molar-refractivity contribution in [1.29, 1.82) is 0 Å². The Balaban J connectivity index is 0.00000156. The molecule has 8 heteroatoms. The fourth-order valence-corrected chi connectivity index (χ4v) is 2.63. The molecule has 1 aromatic heterocycles. The number of halogens is 3. The molecule has 0 radical (unpaired) electrons. The number of nitrogens with zero attached hydrogens (tertiary/aromatic N) is 1. The second kappa shape index (κ2) is 10.5. The maximum absolute atomic E-state index is 12.0. The highest BCUT2D eigenvalue weighted by atomic mass is 35.5. The van der Waals surface area contributed by atoms with Crippen LogP contribution in [-0.4, -0.2) is 23.5 Å². The van der Waals surface area contributed by atoms with E-state index in [1.54, 1.807) is 24.3 Å². The summed E-state index contributed by atoms with van der Waals surface area (Å²) in [6.45, 7) is 1.00. The van der Waals surface area contributed by atoms with Crippen molar-refractivity contribution >= 4 is 48.0 Å². The summed E-state index contributed by atoms with van der Waals surface area (Å²) in [5, 5.41) is 6.78. The number of hydrogen-bond donors (Lipinski definition) is 2. The smallest absolute Gasteiger partial charge is 0.225 e. The molecule has 0 bridgehead atoms. The Labute approximate surface area is 164 Å². The van der Waals surface area contributed by atoms with Gasteiger partial charge in [0.1, 0.15) is 5.75 Å². The molecule has 1 amide bonds. The van der Waals surface area contributed by atoms with E-state index in [4.69, 9.17) is 16.3 Å². The highest BCUT2D eigenvalue weighted by Gasteiger charge is 2.17. The van der Waals surface area contributed by atoms with Gasteiger partial charge in [-0.05, 0) is 49.7 Å². The van der Waals surface area contributed by atoms with E-state index in [2.05, 4.69) is 15.6 Å². The van der Waals surface area contributed by atoms with Gasteiger partial charge in [0.25, 0.3) is 0 Å². The van der Waals surface area contributed by atoms with E-state index in [0.717, 1.165) is 25.1 Å². The predicted molar refractivity (Wildman–Crippen MR) is 105 cm³/mol. The molecule has 1 aliphatic rings. The SMILES string of the molecule is Cl.Cl.O=C(CC1CCCN1)Nc1ccc(Oc2ccc(Cl)cn2)cc1. The molecule has 2 heterocycles. The van der Waals surface area contributed by atoms with Gasteiger partial charge in [-0.1, -0.05) is 11.6 Å². The van der Waals surface area contributed by atoms with Gasteiger partial charge in [-0.2, -0.15) is 0 Å². The van der Waals surface area contributed by atoms with E-state index in [1.165, 1.54) is 6.20 Å². The number of pyridine rings is 1. The molecular weight excluding hydrogens is 385 g/mol. The quantitative estimate of drug-likeness (QED) is 0.772. The van der Waals surface area contributed by atoms with Crippen molar-refractivity contribution in [2.45, 2.75) is 25.3 Å². The Morgan fingerprint density at radius 3 is 2.60 bits per heavy atom. The van der Waals surface area contributed by atoms with E-state index < -0.39 is 0 Å². The number of carbonyl (C=O) groups is 1. The molecule has 1 unspecified atom stereocenters. The van der Waals surface area contributed by atoms with Gasteiger partial charge in [0.05, 0.1) is 5.02 Å². The van der Waals surface area contributed by atoms with Gasteiger partial charge in [-0.3, -0.25) is 4.79 Å². The third-order valence-electron chi connectivity index (χ3n) is 3.65. The van der Waals surface area contributed by atoms with E-state index in [9.17, 15) is 4.79 Å². The summed E-state index contributed by atoms with van der Waals surface area (Å²) in [6, 6.07) is 10.9. The molecule has 1 fully saturated rings. The molecular formula is C17H20Cl3N3O2. The number of carbonyl (C=O) groups excluding carboxylic acids is 1. The largest absolute Gasteiger partial charge is 0.439 e. The maximum Gasteiger partial charge on any atom is 0.225 e. The maximum atomic E-state index is 12.0. The zero-order valence-electron chi connectivity index (χ0n) is 13.4. The normalized spacial score (nSPS) is 15.6. The van der Waals surface area contributed by atoms with Crippen molar-refractivity contribution < 1.29 is 9.53 Å². The highest BCUT2D eigenvalue weighted by molar-refractivity contribution is 6.30. The minimum Gasteiger partial charge on any atom is -0.439 e. The fraction of sp³-hybridized carbons (Fsp3) is 0.294. The summed E-state index contributed by atoms with van der Waals surface area (Å²) >= 11 is 5.78. The topological polar surface area (TPSA) is 63.2 Å². The number of aromatic nitrogens is 1. The average Bonchev–Trinajstić information content (AvgIpc) is 3.04. The molecule has 3 rings (SSSR count). The van der Waals surface area contributed by atoms with E-state index in [0.29, 0.717) is 29.1 Å². The third kappa shape index (κ3) is 6.71. The molecule has 5 nitrogen and oxygen atoms in total. The van der Waals surface area contributed by atoms with Gasteiger partial charge in [0, 0.05) is 30.4 Å². The van der Waals surface area contributed by atoms with Gasteiger partial charge < -0.3 is 15.4 Å². The van der Waals surface area contributed by atoms with Crippen molar-refractivity contribution in [2.24, 2.45) is 0 Å². The summed E-state index contributed by atoms with van der Waals surface area (Å²) < 4.78 is 5.61. The van der Waals surface area contributed by atoms with Crippen LogP contribution < -0.4 is 15.4 Å². The van der Waals surface area contributed by atoms with Crippen molar-refractivity contribution in [3.63, 3.8) is 0 Å². The first-order valence-corrected chi connectivity index (χ1v) is 7.99. The molecule has 2 aromatic rings. The van der Waals surface area contributed by atoms with Gasteiger partial charge in [-0.15, -0.1) is 24.8 Å². The van der Waals surface area contributed by atoms with Crippen LogP contribution in [0.3, 0.4) is 0 Å². The molecule has 1 atom stereocenters. The summed E-state index contributed by atoms with van der Waals surface area (Å²) in [6.07, 6.45) is 4.24. The standard InChI is InChI=1S/C17H18ClN3O2.2ClH/c18-12-3-8-17(20-11-12)23-15-6-4-13(5-7-15)21-16(22)10-14-2-1-9-19-14;;/h3-8,11,14,19H,1-2,9-10H2,(H,21,22);2*1H. The molecule has 0 aliphatic carbocycles. The first-order valence-electron chi connectivity index (χ1n) is 7.62. The Bertz CT molecular complexity index is 660. The Kier molecular flexibility index (Phi) is 9.00. The molecule has 0 saturated carbocycles. The lowest BCUT2D eigenvalue weighted by atomic mass is 10.1. The van der Waals surface area contributed by atoms with Crippen molar-refractivity contribution in [3.8, 4) is 11.6 Å². The van der Waals surface area contributed by atoms with Crippen LogP contribution in [0.15, 0.2) is 42.6 Å². The third-order valence-corrected chi connectivity index (χ3v) is 3.88. The second-order valence-electron chi connectivity index (χ2n) is 5.49. The molecule has 2 N–H and O–H groups in total. The Morgan fingerprint density at radius 1 is 1.24 bits per heavy atom. The molecule has 1 aromatic carbocycles. The minimum absolute atomic E-state index is 0. The van der Waals surface area contributed by atoms with Crippen LogP contribution >= 0.6 is 36.4 Å². The monoisotopic (exact) mass is 403 g/mol. The summed E-state index contributed by atoms with van der Waals surface area (Å²) in [7, 11) is 0. The Hall–Kier alpha value is -1.53. The molecule has 1 aliphatic heterocycles. The van der Waals surface area contributed by atoms with Gasteiger partial charge in [-0.25, -0.2) is 4.98 Å². The van der Waals surface area contributed by atoms with Crippen molar-refractivity contribution in [1.82, 2.24) is 10.3 Å². The fourth-order valence-electron chi connectivity index (χ4n) is 2.52. The van der Waals surface area contributed by atoms with E-state index >= 15 is 0 Å². The van der Waals surface area contributed by atoms with Gasteiger partial charge >= 0.3 is 0 Å². The van der Waals surface area contributed by atoms with Crippen LogP contribution in [0.2, 0.25) is 5.02 Å². The van der Waals surface area contributed by atoms with Crippen molar-refractivity contribution in [2.75, 3.05) is 11.9 Å². The summed E-state index contributed by atoms with van der Waals surface area (Å²) in [5.74, 6) is 1.14. The number of rotatable bonds is 5. The van der Waals surface area contributed by atoms with Crippen LogP contribution in [0.1, 0.15) is 19.3 Å². The molecule has 136 valence electrons. The lowest BCUT2D eigenvalue weighted by Gasteiger charge is -2.11. The number of benzene rings is 1. The highest BCUT2D eigenvalue weighted by Crippen LogP contribution is 2.22. The number of anilines is 1. The van der Waals surface area contributed by atoms with Crippen LogP contribution in [0, 0.1) is 0 Å². The zero-order chi connectivity index (χ0) is 16.1. The molecule has 25 heavy (non-hydrogen) atoms. The van der Waals surface area contributed by atoms with Gasteiger partial charge in [0.2, 0.25) is 11.8 Å². The van der Waals surface area contributed by atoms with Gasteiger partial charge in [0.15, 0.2) is 0 Å². The zero-order valence-corrected chi connectivity index (χ0v) is 15.8. The number of amides is 1. The Morgan fingerprint density at radius 2 is 2.00 bits per heavy atom. The summed E-state index contributed by atoms with van der Waals surface area (Å²) in [4.78, 5) is 16.0. The molecule has 1 saturated heterocycles. The minimum atomic E-state index is 0. The van der Waals surface area contributed by atoms with Crippen LogP contribution in [0.5, 0.6) is 11.6 Å². The first-order chi connectivity index (χ1) is 11.2. The second-order valence-corrected chi connectivity index (χ2v) is 5.92. The van der Waals surface area contributed by atoms with Crippen LogP contribution in [0.25, 0.3) is 0 Å². The lowest BCUT2D eigenvalue weighted by molar-refractivity contribution is -0.116. The number of ether oxygens (including phenoxy) is 1. The lowest BCUT2D eigenvalue weighted by Crippen LogP contribution is -2.27. The number of nitrogens with one attached hydrogen (secondary N) is 2. The number of hydrogen-bond acceptors (Lipinski definition) is 4. The van der Waals surface area contributed by atoms with Crippen LogP contribution in [-0.2, 0) is 4.79 Å². The van der Waals surface area contributed by atoms with E-state index in [-0.39, 0.29) is 30.7 Å². The average molecular weight is 405 g/mol. The predicted octanol–water partition coefficient (Wildman–Crippen LogP) is 4.45. The van der Waals surface area contributed by atoms with E-state index in [1.807, 2.05) is 12.1 Å². The van der Waals surface area contributed by atoms with Crippen molar-refractivity contribution in [3.05, 3.63) is 47.6 Å². The first kappa shape index (κ1) is 21.5. The molecule has 0 spiro atoms. The summed E-state index contributed by atoms with van der Waals surface area (Å²) in [5.41, 5.74) is 0.754.